The first-order valence-corrected chi connectivity index (χ1v) is 37.0. The maximum absolute atomic E-state index is 9.92. The minimum atomic E-state index is -0.827. The molecule has 17 aromatic carbocycles. The van der Waals surface area contributed by atoms with Gasteiger partial charge in [-0.1, -0.05) is 309 Å². The maximum Gasteiger partial charge on any atom is 0.252 e. The number of ether oxygens (including phenoxy) is 1. The molecule has 0 amide bonds. The Morgan fingerprint density at radius 3 is 1.30 bits per heavy atom. The van der Waals surface area contributed by atoms with Crippen LogP contribution in [0.4, 0.5) is 34.1 Å². The minimum Gasteiger partial charge on any atom is -0.457 e. The van der Waals surface area contributed by atoms with Crippen LogP contribution in [0, 0.1) is 0 Å². The molecule has 19 aromatic rings. The van der Waals surface area contributed by atoms with Crippen LogP contribution in [-0.2, 0) is 5.41 Å². The summed E-state index contributed by atoms with van der Waals surface area (Å²) < 4.78 is 91.5. The molecule has 3 aliphatic heterocycles. The first-order valence-electron chi connectivity index (χ1n) is 41.0. The summed E-state index contributed by atoms with van der Waals surface area (Å²) >= 11 is 0. The molecule has 0 N–H and O–H groups in total. The third-order valence-corrected chi connectivity index (χ3v) is 23.1. The van der Waals surface area contributed by atoms with E-state index >= 15 is 0 Å². The second kappa shape index (κ2) is 23.9. The van der Waals surface area contributed by atoms with Crippen LogP contribution < -0.4 is 30.9 Å². The lowest BCUT2D eigenvalue weighted by Gasteiger charge is -2.46. The second-order valence-corrected chi connectivity index (χ2v) is 28.7. The number of hydrogen-bond acceptors (Lipinski definition) is 4. The van der Waals surface area contributed by atoms with Gasteiger partial charge in [0, 0.05) is 83.4 Å². The van der Waals surface area contributed by atoms with Crippen molar-refractivity contribution in [3.63, 3.8) is 0 Å². The predicted molar refractivity (Wildman–Crippen MR) is 452 cm³/mol. The molecule has 0 saturated heterocycles. The summed E-state index contributed by atoms with van der Waals surface area (Å²) in [6.07, 6.45) is 0. The Morgan fingerprint density at radius 2 is 0.716 bits per heavy atom. The van der Waals surface area contributed by atoms with Gasteiger partial charge in [0.1, 0.15) is 22.7 Å². The molecule has 0 bridgehead atoms. The zero-order valence-corrected chi connectivity index (χ0v) is 58.6. The molecule has 0 unspecified atom stereocenters. The van der Waals surface area contributed by atoms with Gasteiger partial charge >= 0.3 is 0 Å². The molecule has 5 heterocycles. The lowest BCUT2D eigenvalue weighted by molar-refractivity contribution is 0.436. The zero-order chi connectivity index (χ0) is 78.4. The van der Waals surface area contributed by atoms with Crippen molar-refractivity contribution < 1.29 is 20.1 Å². The van der Waals surface area contributed by atoms with Gasteiger partial charge in [0.05, 0.1) is 38.8 Å². The van der Waals surface area contributed by atoms with Crippen LogP contribution in [0.5, 0.6) is 11.5 Å². The van der Waals surface area contributed by atoms with E-state index in [0.717, 1.165) is 178 Å². The van der Waals surface area contributed by atoms with Crippen LogP contribution in [0.2, 0.25) is 0 Å². The van der Waals surface area contributed by atoms with Gasteiger partial charge in [-0.15, -0.1) is 0 Å². The molecule has 0 atom stereocenters. The maximum atomic E-state index is 9.92. The molecule has 6 heteroatoms. The SMILES string of the molecule is [2H]c1c([2H])c([2H])c2c(c1[2H])c1c([2H])c([2H])c([2H])c([2H])c1n2-c1ccc2c(c1)N(c1c(-c3ccccc3)cccc1-c1ccccc1)c1cc(-c3ccc4c(c3)C3(c5ccccc5O4)c4ccccc4-c4ccccc43)cc3c1B2c1ccc(-c2ccc4oc5ccccc5c4c2)cc1N3c1c(-c2ccccc2)cccc1-c1ccccc1. The van der Waals surface area contributed by atoms with Crippen molar-refractivity contribution in [2.75, 3.05) is 9.80 Å². The first-order chi connectivity index (χ1) is 57.4. The van der Waals surface area contributed by atoms with Crippen LogP contribution in [0.1, 0.15) is 33.2 Å². The molecule has 1 aliphatic carbocycles. The third-order valence-electron chi connectivity index (χ3n) is 23.1. The average molecular weight is 1390 g/mol. The third kappa shape index (κ3) is 9.04. The van der Waals surface area contributed by atoms with Gasteiger partial charge < -0.3 is 23.5 Å². The van der Waals surface area contributed by atoms with Crippen LogP contribution >= 0.6 is 0 Å². The van der Waals surface area contributed by atoms with Crippen LogP contribution in [0.3, 0.4) is 0 Å². The number of nitrogens with zero attached hydrogens (tertiary/aromatic N) is 3. The molecule has 1 spiro atoms. The van der Waals surface area contributed by atoms with E-state index in [1.165, 1.54) is 0 Å². The van der Waals surface area contributed by atoms with E-state index in [0.29, 0.717) is 11.4 Å². The normalized spacial score (nSPS) is 14.3. The number of hydrogen-bond donors (Lipinski definition) is 0. The molecule has 109 heavy (non-hydrogen) atoms. The highest BCUT2D eigenvalue weighted by Crippen LogP contribution is 2.63. The first kappa shape index (κ1) is 53.6. The van der Waals surface area contributed by atoms with E-state index in [4.69, 9.17) is 11.9 Å². The Kier molecular flexibility index (Phi) is 11.8. The largest absolute Gasteiger partial charge is 0.457 e. The van der Waals surface area contributed by atoms with Gasteiger partial charge in [0.2, 0.25) is 0 Å². The fourth-order valence-electron chi connectivity index (χ4n) is 18.5. The number of anilines is 6. The molecule has 2 aromatic heterocycles. The zero-order valence-electron chi connectivity index (χ0n) is 66.6. The quantitative estimate of drug-likeness (QED) is 0.135. The number of aromatic nitrogens is 1. The average Bonchev–Trinajstić information content (AvgIpc) is 1.68. The Hall–Kier alpha value is -14.2. The molecule has 506 valence electrons. The number of fused-ring (bicyclic) bond motifs is 19. The van der Waals surface area contributed by atoms with Crippen molar-refractivity contribution in [2.45, 2.75) is 5.41 Å². The van der Waals surface area contributed by atoms with Crippen molar-refractivity contribution >= 4 is 101 Å². The summed E-state index contributed by atoms with van der Waals surface area (Å²) in [6.45, 7) is -0.561. The van der Waals surface area contributed by atoms with Gasteiger partial charge in [0.25, 0.3) is 6.71 Å². The lowest BCUT2D eigenvalue weighted by Crippen LogP contribution is -2.61. The molecule has 4 aliphatic rings. The van der Waals surface area contributed by atoms with Crippen LogP contribution in [0.25, 0.3) is 127 Å². The lowest BCUT2D eigenvalue weighted by atomic mass is 9.33. The highest BCUT2D eigenvalue weighted by molar-refractivity contribution is 7.00. The molecule has 0 saturated carbocycles. The van der Waals surface area contributed by atoms with Gasteiger partial charge in [-0.25, -0.2) is 0 Å². The number of furan rings is 1. The van der Waals surface area contributed by atoms with E-state index in [2.05, 4.69) is 313 Å². The highest BCUT2D eigenvalue weighted by atomic mass is 16.5. The van der Waals surface area contributed by atoms with Gasteiger partial charge in [0.15, 0.2) is 0 Å². The summed E-state index contributed by atoms with van der Waals surface area (Å²) in [5.41, 5.74) is 27.5. The molecular weight excluding hydrogens is 1320 g/mol. The van der Waals surface area contributed by atoms with Gasteiger partial charge in [-0.05, 0) is 162 Å². The van der Waals surface area contributed by atoms with E-state index in [9.17, 15) is 8.22 Å². The molecule has 0 fully saturated rings. The van der Waals surface area contributed by atoms with Gasteiger partial charge in [-0.2, -0.15) is 0 Å². The second-order valence-electron chi connectivity index (χ2n) is 28.7. The molecular formula is C103H64BN3O2. The predicted octanol–water partition coefficient (Wildman–Crippen LogP) is 25.2. The Labute approximate surface area is 642 Å². The summed E-state index contributed by atoms with van der Waals surface area (Å²) in [4.78, 5) is 4.97. The van der Waals surface area contributed by atoms with Crippen molar-refractivity contribution in [3.8, 4) is 95.1 Å². The van der Waals surface area contributed by atoms with E-state index in [1.54, 1.807) is 4.57 Å². The minimum absolute atomic E-state index is 0.00819. The number of para-hydroxylation sites is 6. The molecule has 0 radical (unpaired) electrons. The van der Waals surface area contributed by atoms with Gasteiger partial charge in [-0.3, -0.25) is 0 Å². The van der Waals surface area contributed by atoms with Crippen LogP contribution in [-0.4, -0.2) is 11.3 Å². The summed E-state index contributed by atoms with van der Waals surface area (Å²) in [5, 5.41) is 2.00. The van der Waals surface area contributed by atoms with Crippen molar-refractivity contribution in [2.24, 2.45) is 0 Å². The Bertz CT molecular complexity index is 7260. The molecule has 5 nitrogen and oxygen atoms in total. The smallest absolute Gasteiger partial charge is 0.252 e. The number of rotatable bonds is 9. The van der Waals surface area contributed by atoms with Crippen molar-refractivity contribution in [1.29, 1.82) is 0 Å². The van der Waals surface area contributed by atoms with Crippen LogP contribution in [0.15, 0.2) is 392 Å². The van der Waals surface area contributed by atoms with Crippen molar-refractivity contribution in [1.82, 2.24) is 4.57 Å². The Morgan fingerprint density at radius 1 is 0.284 bits per heavy atom. The fraction of sp³-hybridized carbons (Fsp3) is 0.00971. The topological polar surface area (TPSA) is 33.8 Å². The van der Waals surface area contributed by atoms with E-state index in [1.807, 2.05) is 36.4 Å². The highest BCUT2D eigenvalue weighted by Gasteiger charge is 2.52. The molecule has 23 rings (SSSR count). The standard InChI is InChI=1S/C103H64BN3O2/c1-5-27-65(28-6-1)74-40-25-41-75(66-29-7-2-8-30-66)101(74)106-92-61-71(69-52-57-97-83(59-69)82-39-17-23-49-96(82)108-97)51-55-88(92)104-89-56-54-73(105-90-47-21-15-37-80(90)81-38-16-22-48-91(81)105)64-93(89)107(102-76(67-31-9-3-10-32-67)42-26-43-77(102)68-33-11-4-12-34-68)95-63-72(62-94(106)100(95)104)70-53-58-99-87(60-70)103(86-46-20-24-50-98(86)109-99)84-44-18-13-35-78(84)79-36-14-19-45-85(79)103/h1-64H/i15D,16D,21D,22D,37D,38D,47D,48D. The Balaban J connectivity index is 0.900. The monoisotopic (exact) mass is 1390 g/mol. The summed E-state index contributed by atoms with van der Waals surface area (Å²) in [7, 11) is 0. The fourth-order valence-corrected chi connectivity index (χ4v) is 18.5. The van der Waals surface area contributed by atoms with E-state index < -0.39 is 48.4 Å². The van der Waals surface area contributed by atoms with Crippen molar-refractivity contribution in [3.05, 3.63) is 410 Å². The van der Waals surface area contributed by atoms with E-state index in [-0.39, 0.29) is 33.9 Å². The number of benzene rings is 17. The summed E-state index contributed by atoms with van der Waals surface area (Å²) in [6, 6.07) is 117. The summed E-state index contributed by atoms with van der Waals surface area (Å²) in [5.74, 6) is 1.53.